The molecule has 0 spiro atoms. The molecule has 0 saturated heterocycles. The van der Waals surface area contributed by atoms with Crippen LogP contribution in [0.25, 0.3) is 0 Å². The lowest BCUT2D eigenvalue weighted by molar-refractivity contribution is -0.140. The number of ether oxygens (including phenoxy) is 6. The molecule has 0 aromatic heterocycles. The lowest BCUT2D eigenvalue weighted by Crippen LogP contribution is -2.16. The van der Waals surface area contributed by atoms with Crippen LogP contribution in [0, 0.1) is 0 Å². The first kappa shape index (κ1) is 31.8. The van der Waals surface area contributed by atoms with E-state index in [0.717, 1.165) is 12.1 Å². The first-order chi connectivity index (χ1) is 19.4. The molecule has 2 aromatic carbocycles. The lowest BCUT2D eigenvalue weighted by Gasteiger charge is -2.13. The van der Waals surface area contributed by atoms with Crippen molar-refractivity contribution in [2.45, 2.75) is 13.8 Å². The molecule has 2 aromatic rings. The van der Waals surface area contributed by atoms with Crippen molar-refractivity contribution in [3.63, 3.8) is 0 Å². The summed E-state index contributed by atoms with van der Waals surface area (Å²) in [6.45, 7) is 8.76. The summed E-state index contributed by atoms with van der Waals surface area (Å²) in [6.07, 6.45) is 0. The molecule has 0 atom stereocenters. The molecular formula is C28H26O13. The van der Waals surface area contributed by atoms with E-state index in [1.807, 2.05) is 0 Å². The second kappa shape index (κ2) is 15.2. The number of benzene rings is 2. The average molecular weight is 571 g/mol. The number of hydrogen-bond acceptors (Lipinski definition) is 12. The van der Waals surface area contributed by atoms with Gasteiger partial charge in [0.15, 0.2) is 0 Å². The van der Waals surface area contributed by atoms with Crippen LogP contribution in [0.3, 0.4) is 0 Å². The number of rotatable bonds is 15. The van der Waals surface area contributed by atoms with Gasteiger partial charge >= 0.3 is 29.8 Å². The van der Waals surface area contributed by atoms with Gasteiger partial charge in [-0.2, -0.15) is 0 Å². The summed E-state index contributed by atoms with van der Waals surface area (Å²) in [6, 6.07) is 7.26. The van der Waals surface area contributed by atoms with Crippen molar-refractivity contribution in [1.82, 2.24) is 0 Å². The summed E-state index contributed by atoms with van der Waals surface area (Å²) in [4.78, 5) is 70.3. The van der Waals surface area contributed by atoms with E-state index >= 15 is 0 Å². The van der Waals surface area contributed by atoms with Gasteiger partial charge in [0.1, 0.15) is 49.2 Å². The zero-order valence-electron chi connectivity index (χ0n) is 22.1. The Morgan fingerprint density at radius 1 is 0.707 bits per heavy atom. The van der Waals surface area contributed by atoms with E-state index in [-0.39, 0.29) is 72.4 Å². The second-order valence-corrected chi connectivity index (χ2v) is 8.09. The molecule has 0 amide bonds. The highest BCUT2D eigenvalue weighted by atomic mass is 16.6. The van der Waals surface area contributed by atoms with E-state index in [1.165, 1.54) is 38.1 Å². The normalized spacial score (nSPS) is 10.0. The number of hydrogen-bond donors (Lipinski definition) is 1. The summed E-state index contributed by atoms with van der Waals surface area (Å²) >= 11 is 0. The Bertz CT molecular complexity index is 1370. The highest BCUT2D eigenvalue weighted by Crippen LogP contribution is 2.30. The van der Waals surface area contributed by atoms with Gasteiger partial charge in [-0.1, -0.05) is 13.2 Å². The molecule has 0 saturated carbocycles. The molecule has 1 N–H and O–H groups in total. The van der Waals surface area contributed by atoms with Crippen LogP contribution in [0.1, 0.15) is 44.9 Å². The quantitative estimate of drug-likeness (QED) is 0.109. The minimum absolute atomic E-state index is 0.0129. The number of carbonyl (C=O) groups is 6. The number of esters is 4. The largest absolute Gasteiger partial charge is 0.478 e. The summed E-state index contributed by atoms with van der Waals surface area (Å²) in [7, 11) is 0. The van der Waals surface area contributed by atoms with Crippen molar-refractivity contribution in [3.8, 4) is 17.2 Å². The second-order valence-electron chi connectivity index (χ2n) is 8.09. The van der Waals surface area contributed by atoms with Gasteiger partial charge in [-0.15, -0.1) is 0 Å². The van der Waals surface area contributed by atoms with Gasteiger partial charge in [0.05, 0.1) is 11.1 Å². The molecule has 0 aliphatic carbocycles. The summed E-state index contributed by atoms with van der Waals surface area (Å²) in [5.74, 6) is -4.82. The minimum Gasteiger partial charge on any atom is -0.478 e. The van der Waals surface area contributed by atoms with Gasteiger partial charge in [0, 0.05) is 17.2 Å². The molecule has 0 fully saturated rings. The number of aromatic carboxylic acids is 1. The molecular weight excluding hydrogens is 544 g/mol. The number of carboxylic acids is 1. The molecule has 0 aliphatic heterocycles. The van der Waals surface area contributed by atoms with Crippen LogP contribution < -0.4 is 9.47 Å². The molecule has 0 radical (unpaired) electrons. The first-order valence-electron chi connectivity index (χ1n) is 11.7. The molecule has 0 unspecified atom stereocenters. The standard InChI is InChI=1S/C28H26O13/c1-16(2)25(32)36-9-11-38-27(34)20-7-5-18(13-22(20)24(30)31)41-19-6-8-21(23(14-19)40-15-29)28(35)39-12-10-37-26(33)17(3)4/h5-8,13-15H,1,3,9-12H2,2,4H3,(H,30,31). The molecule has 41 heavy (non-hydrogen) atoms. The predicted molar refractivity (Wildman–Crippen MR) is 139 cm³/mol. The fourth-order valence-corrected chi connectivity index (χ4v) is 2.90. The van der Waals surface area contributed by atoms with Gasteiger partial charge in [-0.25, -0.2) is 24.0 Å². The Morgan fingerprint density at radius 2 is 1.17 bits per heavy atom. The molecule has 13 nitrogen and oxygen atoms in total. The fraction of sp³-hybridized carbons (Fsp3) is 0.214. The van der Waals surface area contributed by atoms with Crippen molar-refractivity contribution < 1.29 is 62.3 Å². The average Bonchev–Trinajstić information content (AvgIpc) is 2.93. The van der Waals surface area contributed by atoms with Crippen LogP contribution in [-0.2, 0) is 33.3 Å². The Kier molecular flexibility index (Phi) is 11.8. The zero-order valence-corrected chi connectivity index (χ0v) is 22.1. The monoisotopic (exact) mass is 570 g/mol. The Hall–Kier alpha value is -5.46. The fourth-order valence-electron chi connectivity index (χ4n) is 2.90. The maximum atomic E-state index is 12.4. The summed E-state index contributed by atoms with van der Waals surface area (Å²) in [5, 5.41) is 9.58. The summed E-state index contributed by atoms with van der Waals surface area (Å²) in [5.41, 5.74) is -0.527. The minimum atomic E-state index is -1.45. The smallest absolute Gasteiger partial charge is 0.342 e. The van der Waals surface area contributed by atoms with Crippen molar-refractivity contribution in [1.29, 1.82) is 0 Å². The molecule has 2 rings (SSSR count). The molecule has 216 valence electrons. The zero-order chi connectivity index (χ0) is 30.5. The van der Waals surface area contributed by atoms with E-state index in [4.69, 9.17) is 28.4 Å². The van der Waals surface area contributed by atoms with Crippen molar-refractivity contribution in [2.75, 3.05) is 26.4 Å². The summed E-state index contributed by atoms with van der Waals surface area (Å²) < 4.78 is 30.1. The third-order valence-electron chi connectivity index (χ3n) is 4.82. The van der Waals surface area contributed by atoms with Gasteiger partial charge in [0.25, 0.3) is 6.47 Å². The van der Waals surface area contributed by atoms with Gasteiger partial charge in [0.2, 0.25) is 0 Å². The van der Waals surface area contributed by atoms with E-state index < -0.39 is 35.4 Å². The molecule has 13 heteroatoms. The third kappa shape index (κ3) is 9.66. The third-order valence-corrected chi connectivity index (χ3v) is 4.82. The van der Waals surface area contributed by atoms with E-state index in [2.05, 4.69) is 13.2 Å². The number of carboxylic acid groups (broad SMARTS) is 1. The van der Waals surface area contributed by atoms with Crippen molar-refractivity contribution in [3.05, 3.63) is 77.4 Å². The molecule has 0 aliphatic rings. The van der Waals surface area contributed by atoms with Crippen LogP contribution in [0.5, 0.6) is 17.2 Å². The Morgan fingerprint density at radius 3 is 1.66 bits per heavy atom. The highest BCUT2D eigenvalue weighted by Gasteiger charge is 2.21. The van der Waals surface area contributed by atoms with E-state index in [0.29, 0.717) is 0 Å². The predicted octanol–water partition coefficient (Wildman–Crippen LogP) is 3.26. The Labute approximate surface area is 233 Å². The lowest BCUT2D eigenvalue weighted by atomic mass is 10.1. The SMILES string of the molecule is C=C(C)C(=O)OCCOC(=O)c1ccc(Oc2ccc(C(=O)OCCOC(=O)C(=C)C)c(C(=O)O)c2)cc1OC=O. The van der Waals surface area contributed by atoms with Crippen LogP contribution >= 0.6 is 0 Å². The highest BCUT2D eigenvalue weighted by molar-refractivity contribution is 6.02. The van der Waals surface area contributed by atoms with Gasteiger partial charge in [-0.05, 0) is 44.2 Å². The van der Waals surface area contributed by atoms with Crippen molar-refractivity contribution in [2.24, 2.45) is 0 Å². The molecule has 0 bridgehead atoms. The Balaban J connectivity index is 2.11. The van der Waals surface area contributed by atoms with Crippen LogP contribution in [-0.4, -0.2) is 67.9 Å². The van der Waals surface area contributed by atoms with Crippen LogP contribution in [0.4, 0.5) is 0 Å². The first-order valence-corrected chi connectivity index (χ1v) is 11.7. The van der Waals surface area contributed by atoms with E-state index in [9.17, 15) is 33.9 Å². The van der Waals surface area contributed by atoms with Gasteiger partial charge in [-0.3, -0.25) is 4.79 Å². The van der Waals surface area contributed by atoms with Crippen LogP contribution in [0.15, 0.2) is 60.7 Å². The van der Waals surface area contributed by atoms with Gasteiger partial charge < -0.3 is 33.5 Å². The van der Waals surface area contributed by atoms with Crippen molar-refractivity contribution >= 4 is 36.3 Å². The van der Waals surface area contributed by atoms with Crippen LogP contribution in [0.2, 0.25) is 0 Å². The molecule has 0 heterocycles. The topological polar surface area (TPSA) is 178 Å². The van der Waals surface area contributed by atoms with E-state index in [1.54, 1.807) is 0 Å². The maximum absolute atomic E-state index is 12.4. The maximum Gasteiger partial charge on any atom is 0.342 e. The number of carbonyl (C=O) groups excluding carboxylic acids is 5.